The van der Waals surface area contributed by atoms with Gasteiger partial charge in [-0.15, -0.1) is 0 Å². The summed E-state index contributed by atoms with van der Waals surface area (Å²) in [5.41, 5.74) is 0.822. The van der Waals surface area contributed by atoms with Crippen molar-refractivity contribution in [2.45, 2.75) is 25.7 Å². The van der Waals surface area contributed by atoms with Crippen LogP contribution in [0.25, 0.3) is 0 Å². The number of allylic oxidation sites excluding steroid dienone is 2. The number of rotatable bonds is 4. The van der Waals surface area contributed by atoms with Gasteiger partial charge in [-0.3, -0.25) is 9.52 Å². The minimum atomic E-state index is -3.51. The second kappa shape index (κ2) is 6.09. The van der Waals surface area contributed by atoms with Crippen LogP contribution in [0, 0.1) is 0 Å². The Morgan fingerprint density at radius 3 is 2.70 bits per heavy atom. The smallest absolute Gasteiger partial charge is 0.257 e. The third-order valence-electron chi connectivity index (χ3n) is 3.20. The lowest BCUT2D eigenvalue weighted by Crippen LogP contribution is -2.19. The zero-order valence-corrected chi connectivity index (χ0v) is 12.2. The predicted octanol–water partition coefficient (Wildman–Crippen LogP) is 2.25. The standard InChI is InChI=1S/C14H18N2O3S/c1-15-14(17)11-6-5-7-12(10-11)16-20(18,19)13-8-3-2-4-9-13/h5-8,10,16H,2-4,9H2,1H3,(H,15,17). The lowest BCUT2D eigenvalue weighted by molar-refractivity contribution is 0.0963. The van der Waals surface area contributed by atoms with Gasteiger partial charge >= 0.3 is 0 Å². The highest BCUT2D eigenvalue weighted by atomic mass is 32.2. The normalized spacial score (nSPS) is 15.3. The molecule has 2 N–H and O–H groups in total. The van der Waals surface area contributed by atoms with Gasteiger partial charge in [-0.1, -0.05) is 12.1 Å². The summed E-state index contributed by atoms with van der Waals surface area (Å²) in [5.74, 6) is -0.247. The minimum absolute atomic E-state index is 0.247. The summed E-state index contributed by atoms with van der Waals surface area (Å²) in [6.45, 7) is 0. The maximum absolute atomic E-state index is 12.2. The molecule has 1 aromatic carbocycles. The third kappa shape index (κ3) is 3.39. The Morgan fingerprint density at radius 2 is 2.05 bits per heavy atom. The van der Waals surface area contributed by atoms with E-state index in [1.165, 1.54) is 13.1 Å². The highest BCUT2D eigenvalue weighted by Crippen LogP contribution is 2.24. The maximum atomic E-state index is 12.2. The molecule has 1 aliphatic carbocycles. The molecule has 0 saturated carbocycles. The molecule has 0 heterocycles. The summed E-state index contributed by atoms with van der Waals surface area (Å²) in [6.07, 6.45) is 5.07. The zero-order valence-electron chi connectivity index (χ0n) is 11.3. The highest BCUT2D eigenvalue weighted by Gasteiger charge is 2.19. The van der Waals surface area contributed by atoms with Crippen molar-refractivity contribution in [2.24, 2.45) is 0 Å². The summed E-state index contributed by atoms with van der Waals surface area (Å²) >= 11 is 0. The molecule has 0 bridgehead atoms. The van der Waals surface area contributed by atoms with Gasteiger partial charge in [0.05, 0.1) is 4.91 Å². The van der Waals surface area contributed by atoms with Crippen LogP contribution in [0.4, 0.5) is 5.69 Å². The first kappa shape index (κ1) is 14.6. The first-order valence-corrected chi connectivity index (χ1v) is 8.05. The Kier molecular flexibility index (Phi) is 4.44. The molecule has 108 valence electrons. The Balaban J connectivity index is 2.21. The number of amides is 1. The van der Waals surface area contributed by atoms with Crippen LogP contribution in [0.2, 0.25) is 0 Å². The van der Waals surface area contributed by atoms with Crippen LogP contribution in [0.3, 0.4) is 0 Å². The van der Waals surface area contributed by atoms with E-state index >= 15 is 0 Å². The molecule has 6 heteroatoms. The molecule has 20 heavy (non-hydrogen) atoms. The van der Waals surface area contributed by atoms with E-state index in [0.717, 1.165) is 19.3 Å². The molecule has 0 aromatic heterocycles. The topological polar surface area (TPSA) is 75.3 Å². The molecule has 0 saturated heterocycles. The van der Waals surface area contributed by atoms with Crippen LogP contribution >= 0.6 is 0 Å². The van der Waals surface area contributed by atoms with E-state index in [0.29, 0.717) is 22.6 Å². The monoisotopic (exact) mass is 294 g/mol. The van der Waals surface area contributed by atoms with Crippen molar-refractivity contribution in [3.8, 4) is 0 Å². The number of hydrogen-bond acceptors (Lipinski definition) is 3. The third-order valence-corrected chi connectivity index (χ3v) is 4.76. The molecule has 2 rings (SSSR count). The number of carbonyl (C=O) groups is 1. The molecule has 5 nitrogen and oxygen atoms in total. The minimum Gasteiger partial charge on any atom is -0.355 e. The second-order valence-electron chi connectivity index (χ2n) is 4.68. The fourth-order valence-electron chi connectivity index (χ4n) is 2.14. The number of nitrogens with one attached hydrogen (secondary N) is 2. The van der Waals surface area contributed by atoms with Gasteiger partial charge in [0, 0.05) is 18.3 Å². The fraction of sp³-hybridized carbons (Fsp3) is 0.357. The van der Waals surface area contributed by atoms with Crippen LogP contribution in [0.15, 0.2) is 35.2 Å². The van der Waals surface area contributed by atoms with E-state index in [-0.39, 0.29) is 5.91 Å². The van der Waals surface area contributed by atoms with Gasteiger partial charge in [-0.25, -0.2) is 8.42 Å². The zero-order chi connectivity index (χ0) is 14.6. The van der Waals surface area contributed by atoms with Crippen molar-refractivity contribution in [3.63, 3.8) is 0 Å². The van der Waals surface area contributed by atoms with Gasteiger partial charge < -0.3 is 5.32 Å². The number of sulfonamides is 1. The van der Waals surface area contributed by atoms with Crippen LogP contribution in [0.1, 0.15) is 36.0 Å². The van der Waals surface area contributed by atoms with Crippen LogP contribution in [-0.4, -0.2) is 21.4 Å². The highest BCUT2D eigenvalue weighted by molar-refractivity contribution is 7.96. The number of carbonyl (C=O) groups excluding carboxylic acids is 1. The van der Waals surface area contributed by atoms with E-state index in [1.54, 1.807) is 24.3 Å². The molecule has 1 aromatic rings. The Labute approximate surface area is 119 Å². The summed E-state index contributed by atoms with van der Waals surface area (Å²) in [6, 6.07) is 6.45. The molecule has 0 fully saturated rings. The average molecular weight is 294 g/mol. The number of anilines is 1. The van der Waals surface area contributed by atoms with Crippen LogP contribution in [0.5, 0.6) is 0 Å². The van der Waals surface area contributed by atoms with Gasteiger partial charge in [0.2, 0.25) is 0 Å². The molecule has 0 atom stereocenters. The van der Waals surface area contributed by atoms with Crippen LogP contribution < -0.4 is 10.0 Å². The fourth-order valence-corrected chi connectivity index (χ4v) is 3.46. The first-order valence-electron chi connectivity index (χ1n) is 6.57. The largest absolute Gasteiger partial charge is 0.355 e. The summed E-state index contributed by atoms with van der Waals surface area (Å²) in [4.78, 5) is 12.0. The van der Waals surface area contributed by atoms with Crippen molar-refractivity contribution in [3.05, 3.63) is 40.8 Å². The maximum Gasteiger partial charge on any atom is 0.257 e. The molecule has 0 radical (unpaired) electrons. The Morgan fingerprint density at radius 1 is 1.25 bits per heavy atom. The van der Waals surface area contributed by atoms with Crippen molar-refractivity contribution in [1.82, 2.24) is 5.32 Å². The van der Waals surface area contributed by atoms with Crippen molar-refractivity contribution < 1.29 is 13.2 Å². The average Bonchev–Trinajstić information content (AvgIpc) is 2.47. The van der Waals surface area contributed by atoms with Gasteiger partial charge in [0.1, 0.15) is 0 Å². The molecular weight excluding hydrogens is 276 g/mol. The molecular formula is C14H18N2O3S. The summed E-state index contributed by atoms with van der Waals surface area (Å²) in [5, 5.41) is 2.51. The van der Waals surface area contributed by atoms with Gasteiger partial charge in [-0.05, 0) is 43.9 Å². The SMILES string of the molecule is CNC(=O)c1cccc(NS(=O)(=O)C2=CCCCC2)c1. The van der Waals surface area contributed by atoms with Crippen molar-refractivity contribution in [1.29, 1.82) is 0 Å². The quantitative estimate of drug-likeness (QED) is 0.894. The summed E-state index contributed by atoms with van der Waals surface area (Å²) in [7, 11) is -1.97. The number of hydrogen-bond donors (Lipinski definition) is 2. The lowest BCUT2D eigenvalue weighted by Gasteiger charge is -2.15. The molecule has 1 aliphatic rings. The van der Waals surface area contributed by atoms with Crippen LogP contribution in [-0.2, 0) is 10.0 Å². The van der Waals surface area contributed by atoms with Crippen molar-refractivity contribution in [2.75, 3.05) is 11.8 Å². The Bertz CT molecular complexity index is 636. The number of benzene rings is 1. The molecule has 1 amide bonds. The van der Waals surface area contributed by atoms with Gasteiger partial charge in [-0.2, -0.15) is 0 Å². The van der Waals surface area contributed by atoms with E-state index in [1.807, 2.05) is 0 Å². The lowest BCUT2D eigenvalue weighted by atomic mass is 10.1. The molecule has 0 spiro atoms. The molecule has 0 aliphatic heterocycles. The first-order chi connectivity index (χ1) is 9.53. The van der Waals surface area contributed by atoms with Gasteiger partial charge in [0.15, 0.2) is 0 Å². The van der Waals surface area contributed by atoms with E-state index < -0.39 is 10.0 Å². The summed E-state index contributed by atoms with van der Waals surface area (Å²) < 4.78 is 27.0. The van der Waals surface area contributed by atoms with E-state index in [9.17, 15) is 13.2 Å². The molecule has 0 unspecified atom stereocenters. The second-order valence-corrected chi connectivity index (χ2v) is 6.42. The van der Waals surface area contributed by atoms with Gasteiger partial charge in [0.25, 0.3) is 15.9 Å². The Hall–Kier alpha value is -1.82. The van der Waals surface area contributed by atoms with E-state index in [2.05, 4.69) is 10.0 Å². The van der Waals surface area contributed by atoms with E-state index in [4.69, 9.17) is 0 Å². The predicted molar refractivity (Wildman–Crippen MR) is 78.9 cm³/mol. The van der Waals surface area contributed by atoms with Crippen molar-refractivity contribution >= 4 is 21.6 Å².